The molecule has 198 valence electrons. The maximum absolute atomic E-state index is 13.0. The number of carboxylic acid groups (broad SMARTS) is 1. The van der Waals surface area contributed by atoms with Gasteiger partial charge in [0.2, 0.25) is 0 Å². The van der Waals surface area contributed by atoms with Crippen LogP contribution in [0.3, 0.4) is 0 Å². The van der Waals surface area contributed by atoms with E-state index in [1.54, 1.807) is 18.3 Å². The first-order chi connectivity index (χ1) is 18.8. The summed E-state index contributed by atoms with van der Waals surface area (Å²) >= 11 is 0. The van der Waals surface area contributed by atoms with Crippen molar-refractivity contribution < 1.29 is 18.3 Å². The van der Waals surface area contributed by atoms with Crippen molar-refractivity contribution >= 4 is 27.1 Å². The second-order valence-corrected chi connectivity index (χ2v) is 11.1. The fraction of sp³-hybridized carbons (Fsp3) is 0.167. The highest BCUT2D eigenvalue weighted by Gasteiger charge is 2.28. The number of aryl methyl sites for hydroxylation is 2. The molecule has 1 N–H and O–H groups in total. The minimum atomic E-state index is -4.17. The van der Waals surface area contributed by atoms with Gasteiger partial charge in [0, 0.05) is 30.4 Å². The van der Waals surface area contributed by atoms with E-state index in [1.165, 1.54) is 12.1 Å². The highest BCUT2D eigenvalue weighted by atomic mass is 32.2. The van der Waals surface area contributed by atoms with Crippen LogP contribution in [0.25, 0.3) is 28.0 Å². The van der Waals surface area contributed by atoms with Crippen molar-refractivity contribution in [2.75, 3.05) is 6.54 Å². The molecule has 5 aromatic rings. The van der Waals surface area contributed by atoms with Gasteiger partial charge in [-0.1, -0.05) is 48.9 Å². The molecule has 0 aliphatic rings. The van der Waals surface area contributed by atoms with Crippen LogP contribution in [0.4, 0.5) is 4.79 Å². The zero-order valence-corrected chi connectivity index (χ0v) is 22.5. The van der Waals surface area contributed by atoms with E-state index in [0.717, 1.165) is 51.4 Å². The number of amides is 1. The SMILES string of the molecule is CCc1nc2cc(-c3ccccn3)ccc2n1-c1ccc(CCN(C(=O)O)S(=O)(=O)c2ccc(C)cc2)cc1. The van der Waals surface area contributed by atoms with Gasteiger partial charge in [-0.15, -0.1) is 0 Å². The van der Waals surface area contributed by atoms with Crippen LogP contribution in [-0.4, -0.2) is 45.0 Å². The Morgan fingerprint density at radius 2 is 1.72 bits per heavy atom. The predicted octanol–water partition coefficient (Wildman–Crippen LogP) is 5.87. The van der Waals surface area contributed by atoms with Crippen LogP contribution in [0.1, 0.15) is 23.9 Å². The van der Waals surface area contributed by atoms with Gasteiger partial charge < -0.3 is 5.11 Å². The lowest BCUT2D eigenvalue weighted by molar-refractivity contribution is 0.172. The summed E-state index contributed by atoms with van der Waals surface area (Å²) in [5, 5.41) is 9.65. The van der Waals surface area contributed by atoms with E-state index < -0.39 is 16.1 Å². The fourth-order valence-electron chi connectivity index (χ4n) is 4.55. The minimum absolute atomic E-state index is 0.0452. The summed E-state index contributed by atoms with van der Waals surface area (Å²) in [6, 6.07) is 25.7. The number of hydrogen-bond donors (Lipinski definition) is 1. The van der Waals surface area contributed by atoms with Gasteiger partial charge in [-0.3, -0.25) is 9.55 Å². The molecule has 39 heavy (non-hydrogen) atoms. The van der Waals surface area contributed by atoms with Crippen molar-refractivity contribution in [1.29, 1.82) is 0 Å². The molecular weight excluding hydrogens is 512 g/mol. The second kappa shape index (κ2) is 10.7. The van der Waals surface area contributed by atoms with Crippen molar-refractivity contribution in [3.63, 3.8) is 0 Å². The van der Waals surface area contributed by atoms with Gasteiger partial charge in [0.1, 0.15) is 5.82 Å². The third kappa shape index (κ3) is 5.26. The summed E-state index contributed by atoms with van der Waals surface area (Å²) < 4.78 is 28.5. The van der Waals surface area contributed by atoms with Crippen LogP contribution in [0, 0.1) is 6.92 Å². The number of carbonyl (C=O) groups is 1. The molecule has 0 radical (unpaired) electrons. The van der Waals surface area contributed by atoms with Gasteiger partial charge in [-0.25, -0.2) is 22.5 Å². The quantitative estimate of drug-likeness (QED) is 0.264. The first-order valence-corrected chi connectivity index (χ1v) is 14.1. The van der Waals surface area contributed by atoms with Crippen molar-refractivity contribution in [2.45, 2.75) is 31.6 Å². The molecule has 2 aromatic heterocycles. The average molecular weight is 541 g/mol. The number of benzene rings is 3. The average Bonchev–Trinajstić information content (AvgIpc) is 3.32. The Balaban J connectivity index is 1.38. The molecule has 0 atom stereocenters. The number of aromatic nitrogens is 3. The van der Waals surface area contributed by atoms with Gasteiger partial charge in [0.25, 0.3) is 10.0 Å². The third-order valence-corrected chi connectivity index (χ3v) is 8.41. The Hall–Kier alpha value is -4.50. The van der Waals surface area contributed by atoms with Gasteiger partial charge in [0.15, 0.2) is 0 Å². The molecule has 1 amide bonds. The van der Waals surface area contributed by atoms with E-state index in [2.05, 4.69) is 16.5 Å². The van der Waals surface area contributed by atoms with Crippen LogP contribution < -0.4 is 0 Å². The van der Waals surface area contributed by atoms with Crippen LogP contribution in [0.15, 0.2) is 96.0 Å². The largest absolute Gasteiger partial charge is 0.464 e. The lowest BCUT2D eigenvalue weighted by Gasteiger charge is -2.19. The molecule has 0 saturated heterocycles. The highest BCUT2D eigenvalue weighted by molar-refractivity contribution is 7.89. The minimum Gasteiger partial charge on any atom is -0.464 e. The van der Waals surface area contributed by atoms with Crippen molar-refractivity contribution in [2.24, 2.45) is 0 Å². The maximum Gasteiger partial charge on any atom is 0.421 e. The second-order valence-electron chi connectivity index (χ2n) is 9.22. The molecule has 5 rings (SSSR count). The summed E-state index contributed by atoms with van der Waals surface area (Å²) in [5.41, 5.74) is 6.36. The number of hydrogen-bond acceptors (Lipinski definition) is 5. The van der Waals surface area contributed by atoms with E-state index in [9.17, 15) is 18.3 Å². The zero-order chi connectivity index (χ0) is 27.6. The number of fused-ring (bicyclic) bond motifs is 1. The number of pyridine rings is 1. The zero-order valence-electron chi connectivity index (χ0n) is 21.7. The molecule has 8 nitrogen and oxygen atoms in total. The summed E-state index contributed by atoms with van der Waals surface area (Å²) in [6.45, 7) is 3.71. The molecule has 9 heteroatoms. The van der Waals surface area contributed by atoms with E-state index in [0.29, 0.717) is 4.31 Å². The molecule has 0 aliphatic heterocycles. The van der Waals surface area contributed by atoms with Crippen LogP contribution in [-0.2, 0) is 22.9 Å². The molecule has 0 saturated carbocycles. The third-order valence-electron chi connectivity index (χ3n) is 6.62. The Labute approximate surface area is 227 Å². The fourth-order valence-corrected chi connectivity index (χ4v) is 5.82. The summed E-state index contributed by atoms with van der Waals surface area (Å²) in [6.07, 6.45) is 1.25. The first-order valence-electron chi connectivity index (χ1n) is 12.6. The van der Waals surface area contributed by atoms with E-state index >= 15 is 0 Å². The predicted molar refractivity (Wildman–Crippen MR) is 150 cm³/mol. The van der Waals surface area contributed by atoms with Gasteiger partial charge in [-0.05, 0) is 67.4 Å². The Morgan fingerprint density at radius 3 is 2.36 bits per heavy atom. The molecule has 0 spiro atoms. The molecule has 0 bridgehead atoms. The summed E-state index contributed by atoms with van der Waals surface area (Å²) in [5.74, 6) is 0.914. The number of imidazole rings is 1. The monoisotopic (exact) mass is 540 g/mol. The standard InChI is InChI=1S/C30H28N4O4S/c1-3-29-32-27-20-23(26-6-4-5-18-31-26)11-16-28(27)34(29)24-12-9-22(10-13-24)17-19-33(30(35)36)39(37,38)25-14-7-21(2)8-15-25/h4-16,18,20H,3,17,19H2,1-2H3,(H,35,36). The topological polar surface area (TPSA) is 105 Å². The molecular formula is C30H28N4O4S. The molecule has 3 aromatic carbocycles. The molecule has 0 fully saturated rings. The van der Waals surface area contributed by atoms with Gasteiger partial charge in [0.05, 0.1) is 21.6 Å². The summed E-state index contributed by atoms with van der Waals surface area (Å²) in [7, 11) is -4.17. The highest BCUT2D eigenvalue weighted by Crippen LogP contribution is 2.27. The van der Waals surface area contributed by atoms with Crippen LogP contribution >= 0.6 is 0 Å². The Kier molecular flexibility index (Phi) is 7.17. The maximum atomic E-state index is 13.0. The molecule has 0 aliphatic carbocycles. The van der Waals surface area contributed by atoms with E-state index in [-0.39, 0.29) is 17.9 Å². The Bertz CT molecular complexity index is 1730. The lowest BCUT2D eigenvalue weighted by atomic mass is 10.1. The number of sulfonamides is 1. The normalized spacial score (nSPS) is 11.5. The van der Waals surface area contributed by atoms with Crippen molar-refractivity contribution in [1.82, 2.24) is 18.8 Å². The van der Waals surface area contributed by atoms with Crippen LogP contribution in [0.2, 0.25) is 0 Å². The first kappa shape index (κ1) is 26.1. The lowest BCUT2D eigenvalue weighted by Crippen LogP contribution is -2.37. The Morgan fingerprint density at radius 1 is 0.974 bits per heavy atom. The smallest absolute Gasteiger partial charge is 0.421 e. The van der Waals surface area contributed by atoms with Crippen LogP contribution in [0.5, 0.6) is 0 Å². The van der Waals surface area contributed by atoms with Crippen molar-refractivity contribution in [3.8, 4) is 16.9 Å². The molecule has 2 heterocycles. The van der Waals surface area contributed by atoms with E-state index in [1.807, 2.05) is 67.6 Å². The number of nitrogens with zero attached hydrogens (tertiary/aromatic N) is 4. The van der Waals surface area contributed by atoms with E-state index in [4.69, 9.17) is 4.98 Å². The summed E-state index contributed by atoms with van der Waals surface area (Å²) in [4.78, 5) is 21.1. The van der Waals surface area contributed by atoms with Gasteiger partial charge >= 0.3 is 6.09 Å². The number of rotatable bonds is 8. The van der Waals surface area contributed by atoms with Gasteiger partial charge in [-0.2, -0.15) is 0 Å². The van der Waals surface area contributed by atoms with Crippen molar-refractivity contribution in [3.05, 3.63) is 108 Å². The molecule has 0 unspecified atom stereocenters.